The van der Waals surface area contributed by atoms with Gasteiger partial charge in [-0.3, -0.25) is 10.1 Å². The van der Waals surface area contributed by atoms with Gasteiger partial charge in [0.05, 0.1) is 4.92 Å². The molecule has 3 rings (SSSR count). The molecular formula is C15H11BrN2O2. The number of aryl methyl sites for hydroxylation is 1. The molecule has 0 aliphatic rings. The lowest BCUT2D eigenvalue weighted by molar-refractivity contribution is -0.400. The largest absolute Gasteiger partial charge is 0.344 e. The summed E-state index contributed by atoms with van der Waals surface area (Å²) in [7, 11) is 2.02. The highest BCUT2D eigenvalue weighted by Gasteiger charge is 2.08. The summed E-state index contributed by atoms with van der Waals surface area (Å²) in [4.78, 5) is 9.95. The molecule has 0 unspecified atom stereocenters. The molecule has 1 aromatic heterocycles. The fourth-order valence-electron chi connectivity index (χ4n) is 2.46. The molecule has 0 spiro atoms. The van der Waals surface area contributed by atoms with Gasteiger partial charge in [-0.2, -0.15) is 0 Å². The van der Waals surface area contributed by atoms with Crippen LogP contribution in [0.3, 0.4) is 0 Å². The number of nitrogens with zero attached hydrogens (tertiary/aromatic N) is 2. The van der Waals surface area contributed by atoms with Crippen LogP contribution >= 0.6 is 15.9 Å². The van der Waals surface area contributed by atoms with Crippen LogP contribution in [0, 0.1) is 10.1 Å². The van der Waals surface area contributed by atoms with E-state index in [4.69, 9.17) is 0 Å². The summed E-state index contributed by atoms with van der Waals surface area (Å²) in [5.41, 5.74) is 3.07. The molecule has 100 valence electrons. The number of hydrogen-bond acceptors (Lipinski definition) is 2. The van der Waals surface area contributed by atoms with Gasteiger partial charge in [0, 0.05) is 39.4 Å². The van der Waals surface area contributed by atoms with Crippen molar-refractivity contribution in [3.8, 4) is 0 Å². The maximum Gasteiger partial charge on any atom is 0.235 e. The van der Waals surface area contributed by atoms with Crippen LogP contribution in [-0.2, 0) is 7.05 Å². The molecule has 2 aromatic carbocycles. The highest BCUT2D eigenvalue weighted by molar-refractivity contribution is 9.10. The number of hydrogen-bond donors (Lipinski definition) is 0. The number of nitro groups is 1. The average Bonchev–Trinajstić information content (AvgIpc) is 2.69. The van der Waals surface area contributed by atoms with Gasteiger partial charge in [0.15, 0.2) is 0 Å². The third-order valence-corrected chi connectivity index (χ3v) is 3.87. The summed E-state index contributed by atoms with van der Waals surface area (Å²) < 4.78 is 3.14. The van der Waals surface area contributed by atoms with Gasteiger partial charge >= 0.3 is 0 Å². The molecule has 20 heavy (non-hydrogen) atoms. The number of aromatic nitrogens is 1. The Morgan fingerprint density at radius 2 is 1.80 bits per heavy atom. The molecule has 5 heteroatoms. The molecule has 0 amide bonds. The van der Waals surface area contributed by atoms with Crippen LogP contribution in [0.4, 0.5) is 0 Å². The van der Waals surface area contributed by atoms with Gasteiger partial charge in [-0.05, 0) is 35.9 Å². The van der Waals surface area contributed by atoms with E-state index >= 15 is 0 Å². The Morgan fingerprint density at radius 1 is 1.15 bits per heavy atom. The maximum atomic E-state index is 10.4. The molecule has 0 aliphatic heterocycles. The fourth-order valence-corrected chi connectivity index (χ4v) is 2.82. The first-order chi connectivity index (χ1) is 9.56. The van der Waals surface area contributed by atoms with Gasteiger partial charge in [0.2, 0.25) is 6.20 Å². The van der Waals surface area contributed by atoms with Gasteiger partial charge in [0.25, 0.3) is 0 Å². The van der Waals surface area contributed by atoms with E-state index in [1.54, 1.807) is 0 Å². The van der Waals surface area contributed by atoms with Crippen LogP contribution in [-0.4, -0.2) is 9.49 Å². The van der Waals surface area contributed by atoms with Crippen molar-refractivity contribution >= 4 is 43.8 Å². The molecule has 0 bridgehead atoms. The van der Waals surface area contributed by atoms with Crippen LogP contribution in [0.2, 0.25) is 0 Å². The summed E-state index contributed by atoms with van der Waals surface area (Å²) in [5, 5.41) is 12.6. The predicted octanol–water partition coefficient (Wildman–Crippen LogP) is 4.34. The first-order valence-corrected chi connectivity index (χ1v) is 6.85. The standard InChI is InChI=1S/C15H11BrN2O2/c1-17-14-4-2-10(6-7-18(19)20)8-12(14)13-9-11(16)3-5-15(13)17/h2-9H,1H3/b7-6+. The molecule has 0 saturated carbocycles. The van der Waals surface area contributed by atoms with E-state index in [-0.39, 0.29) is 0 Å². The van der Waals surface area contributed by atoms with Crippen LogP contribution < -0.4 is 0 Å². The SMILES string of the molecule is Cn1c2ccc(Br)cc2c2cc(/C=C/[N+](=O)[O-])ccc21. The Bertz CT molecular complexity index is 865. The minimum absolute atomic E-state index is 0.454. The zero-order chi connectivity index (χ0) is 14.3. The van der Waals surface area contributed by atoms with E-state index in [1.807, 2.05) is 31.3 Å². The summed E-state index contributed by atoms with van der Waals surface area (Å²) in [6.07, 6.45) is 2.47. The molecule has 3 aromatic rings. The van der Waals surface area contributed by atoms with Crippen molar-refractivity contribution in [2.75, 3.05) is 0 Å². The fraction of sp³-hybridized carbons (Fsp3) is 0.0667. The van der Waals surface area contributed by atoms with E-state index < -0.39 is 4.92 Å². The minimum Gasteiger partial charge on any atom is -0.344 e. The Balaban J connectivity index is 2.29. The number of rotatable bonds is 2. The second-order valence-electron chi connectivity index (χ2n) is 4.60. The second-order valence-corrected chi connectivity index (χ2v) is 5.51. The number of fused-ring (bicyclic) bond motifs is 3. The predicted molar refractivity (Wildman–Crippen MR) is 84.2 cm³/mol. The van der Waals surface area contributed by atoms with E-state index in [1.165, 1.54) is 6.08 Å². The van der Waals surface area contributed by atoms with Crippen LogP contribution in [0.15, 0.2) is 47.1 Å². The summed E-state index contributed by atoms with van der Waals surface area (Å²) >= 11 is 3.48. The highest BCUT2D eigenvalue weighted by Crippen LogP contribution is 2.31. The van der Waals surface area contributed by atoms with Gasteiger partial charge < -0.3 is 4.57 Å². The van der Waals surface area contributed by atoms with Crippen molar-refractivity contribution in [1.29, 1.82) is 0 Å². The van der Waals surface area contributed by atoms with Crippen molar-refractivity contribution in [2.24, 2.45) is 7.05 Å². The normalized spacial score (nSPS) is 11.7. The van der Waals surface area contributed by atoms with Crippen molar-refractivity contribution in [3.63, 3.8) is 0 Å². The molecular weight excluding hydrogens is 320 g/mol. The lowest BCUT2D eigenvalue weighted by Crippen LogP contribution is -1.86. The first kappa shape index (κ1) is 12.9. The lowest BCUT2D eigenvalue weighted by Gasteiger charge is -1.97. The molecule has 0 atom stereocenters. The van der Waals surface area contributed by atoms with E-state index in [0.29, 0.717) is 0 Å². The van der Waals surface area contributed by atoms with Crippen LogP contribution in [0.5, 0.6) is 0 Å². The van der Waals surface area contributed by atoms with Gasteiger partial charge in [-0.1, -0.05) is 22.0 Å². The molecule has 0 saturated heterocycles. The average molecular weight is 331 g/mol. The number of benzene rings is 2. The molecule has 0 N–H and O–H groups in total. The Labute approximate surface area is 123 Å². The van der Waals surface area contributed by atoms with Gasteiger partial charge in [0.1, 0.15) is 0 Å². The summed E-state index contributed by atoms with van der Waals surface area (Å²) in [5.74, 6) is 0. The Hall–Kier alpha value is -2.14. The third kappa shape index (κ3) is 2.10. The van der Waals surface area contributed by atoms with Crippen molar-refractivity contribution in [3.05, 3.63) is 62.7 Å². The topological polar surface area (TPSA) is 48.1 Å². The Kier molecular flexibility index (Phi) is 3.06. The monoisotopic (exact) mass is 330 g/mol. The molecule has 0 aliphatic carbocycles. The molecule has 1 heterocycles. The quantitative estimate of drug-likeness (QED) is 0.518. The van der Waals surface area contributed by atoms with Gasteiger partial charge in [-0.15, -0.1) is 0 Å². The van der Waals surface area contributed by atoms with Crippen molar-refractivity contribution in [2.45, 2.75) is 0 Å². The second kappa shape index (κ2) is 4.76. The third-order valence-electron chi connectivity index (χ3n) is 3.38. The smallest absolute Gasteiger partial charge is 0.235 e. The highest BCUT2D eigenvalue weighted by atomic mass is 79.9. The molecule has 4 nitrogen and oxygen atoms in total. The zero-order valence-electron chi connectivity index (χ0n) is 10.7. The zero-order valence-corrected chi connectivity index (χ0v) is 12.3. The molecule has 0 fully saturated rings. The van der Waals surface area contributed by atoms with Crippen molar-refractivity contribution in [1.82, 2.24) is 4.57 Å². The minimum atomic E-state index is -0.454. The summed E-state index contributed by atoms with van der Waals surface area (Å²) in [6, 6.07) is 12.0. The Morgan fingerprint density at radius 3 is 2.50 bits per heavy atom. The lowest BCUT2D eigenvalue weighted by atomic mass is 10.1. The van der Waals surface area contributed by atoms with E-state index in [2.05, 4.69) is 32.6 Å². The first-order valence-electron chi connectivity index (χ1n) is 6.05. The van der Waals surface area contributed by atoms with Gasteiger partial charge in [-0.25, -0.2) is 0 Å². The molecule has 0 radical (unpaired) electrons. The van der Waals surface area contributed by atoms with Crippen LogP contribution in [0.25, 0.3) is 27.9 Å². The number of halogens is 1. The van der Waals surface area contributed by atoms with E-state index in [9.17, 15) is 10.1 Å². The summed E-state index contributed by atoms with van der Waals surface area (Å²) in [6.45, 7) is 0. The maximum absolute atomic E-state index is 10.4. The van der Waals surface area contributed by atoms with E-state index in [0.717, 1.165) is 38.0 Å². The van der Waals surface area contributed by atoms with Crippen molar-refractivity contribution < 1.29 is 4.92 Å². The van der Waals surface area contributed by atoms with Crippen LogP contribution in [0.1, 0.15) is 5.56 Å².